The number of rotatable bonds is 4. The molecular formula is C13H14FNOS. The molecule has 0 radical (unpaired) electrons. The van der Waals surface area contributed by atoms with Crippen LogP contribution in [0.1, 0.15) is 16.5 Å². The van der Waals surface area contributed by atoms with Gasteiger partial charge in [-0.05, 0) is 30.8 Å². The lowest BCUT2D eigenvalue weighted by Crippen LogP contribution is -2.16. The van der Waals surface area contributed by atoms with Crippen LogP contribution < -0.4 is 10.1 Å². The summed E-state index contributed by atoms with van der Waals surface area (Å²) < 4.78 is 18.0. The van der Waals surface area contributed by atoms with E-state index in [2.05, 4.69) is 5.32 Å². The van der Waals surface area contributed by atoms with Crippen LogP contribution in [-0.2, 0) is 0 Å². The Balaban J connectivity index is 2.29. The SMILES string of the molecule is CNC(c1ccc(F)cc1)c1cc(OC)cs1. The summed E-state index contributed by atoms with van der Waals surface area (Å²) >= 11 is 1.62. The Morgan fingerprint density at radius 3 is 2.53 bits per heavy atom. The maximum atomic E-state index is 12.9. The van der Waals surface area contributed by atoms with E-state index in [4.69, 9.17) is 4.74 Å². The molecule has 1 aromatic heterocycles. The van der Waals surface area contributed by atoms with Gasteiger partial charge in [-0.25, -0.2) is 4.39 Å². The van der Waals surface area contributed by atoms with Gasteiger partial charge in [-0.2, -0.15) is 0 Å². The number of methoxy groups -OCH3 is 1. The fourth-order valence-electron chi connectivity index (χ4n) is 1.72. The van der Waals surface area contributed by atoms with Crippen molar-refractivity contribution in [1.82, 2.24) is 5.32 Å². The highest BCUT2D eigenvalue weighted by Gasteiger charge is 2.14. The zero-order valence-electron chi connectivity index (χ0n) is 9.74. The van der Waals surface area contributed by atoms with Crippen molar-refractivity contribution in [2.24, 2.45) is 0 Å². The Kier molecular flexibility index (Phi) is 3.76. The Morgan fingerprint density at radius 2 is 2.00 bits per heavy atom. The zero-order chi connectivity index (χ0) is 12.3. The second-order valence-electron chi connectivity index (χ2n) is 3.66. The van der Waals surface area contributed by atoms with Gasteiger partial charge in [0.15, 0.2) is 0 Å². The summed E-state index contributed by atoms with van der Waals surface area (Å²) in [4.78, 5) is 1.15. The molecule has 2 nitrogen and oxygen atoms in total. The predicted octanol–water partition coefficient (Wildman–Crippen LogP) is 3.20. The van der Waals surface area contributed by atoms with Gasteiger partial charge in [0, 0.05) is 10.3 Å². The third-order valence-electron chi connectivity index (χ3n) is 2.61. The smallest absolute Gasteiger partial charge is 0.129 e. The lowest BCUT2D eigenvalue weighted by Gasteiger charge is -2.14. The molecule has 2 aromatic rings. The molecule has 0 saturated carbocycles. The van der Waals surface area contributed by atoms with E-state index in [1.807, 2.05) is 18.5 Å². The van der Waals surface area contributed by atoms with Crippen LogP contribution >= 0.6 is 11.3 Å². The first-order valence-electron chi connectivity index (χ1n) is 5.29. The topological polar surface area (TPSA) is 21.3 Å². The van der Waals surface area contributed by atoms with E-state index in [9.17, 15) is 4.39 Å². The van der Waals surface area contributed by atoms with E-state index in [1.54, 1.807) is 30.6 Å². The van der Waals surface area contributed by atoms with Crippen LogP contribution in [0.2, 0.25) is 0 Å². The fraction of sp³-hybridized carbons (Fsp3) is 0.231. The number of hydrogen-bond acceptors (Lipinski definition) is 3. The molecule has 0 fully saturated rings. The minimum Gasteiger partial charge on any atom is -0.496 e. The molecule has 0 aliphatic rings. The van der Waals surface area contributed by atoms with Gasteiger partial charge in [-0.1, -0.05) is 12.1 Å². The highest BCUT2D eigenvalue weighted by atomic mass is 32.1. The van der Waals surface area contributed by atoms with Crippen molar-refractivity contribution < 1.29 is 9.13 Å². The maximum Gasteiger partial charge on any atom is 0.129 e. The monoisotopic (exact) mass is 251 g/mol. The number of benzene rings is 1. The molecule has 1 heterocycles. The Labute approximate surface area is 104 Å². The molecule has 0 bridgehead atoms. The summed E-state index contributed by atoms with van der Waals surface area (Å²) in [6.45, 7) is 0. The van der Waals surface area contributed by atoms with E-state index in [1.165, 1.54) is 12.1 Å². The fourth-order valence-corrected chi connectivity index (χ4v) is 2.71. The van der Waals surface area contributed by atoms with Gasteiger partial charge in [0.1, 0.15) is 11.6 Å². The number of nitrogens with one attached hydrogen (secondary N) is 1. The first-order valence-corrected chi connectivity index (χ1v) is 6.17. The minimum atomic E-state index is -0.215. The first kappa shape index (κ1) is 12.1. The quantitative estimate of drug-likeness (QED) is 0.901. The van der Waals surface area contributed by atoms with Gasteiger partial charge < -0.3 is 10.1 Å². The molecule has 1 aromatic carbocycles. The van der Waals surface area contributed by atoms with E-state index in [0.29, 0.717) is 0 Å². The van der Waals surface area contributed by atoms with Gasteiger partial charge in [0.2, 0.25) is 0 Å². The number of ether oxygens (including phenoxy) is 1. The number of hydrogen-bond donors (Lipinski definition) is 1. The highest BCUT2D eigenvalue weighted by molar-refractivity contribution is 7.10. The van der Waals surface area contributed by atoms with Crippen LogP contribution in [0.5, 0.6) is 5.75 Å². The normalized spacial score (nSPS) is 12.4. The molecule has 1 N–H and O–H groups in total. The Hall–Kier alpha value is -1.39. The minimum absolute atomic E-state index is 0.0736. The van der Waals surface area contributed by atoms with Crippen molar-refractivity contribution in [1.29, 1.82) is 0 Å². The third-order valence-corrected chi connectivity index (χ3v) is 3.58. The van der Waals surface area contributed by atoms with Crippen molar-refractivity contribution >= 4 is 11.3 Å². The molecule has 2 rings (SSSR count). The van der Waals surface area contributed by atoms with Crippen LogP contribution in [0.15, 0.2) is 35.7 Å². The third kappa shape index (κ3) is 2.65. The number of halogens is 1. The van der Waals surface area contributed by atoms with Gasteiger partial charge in [0.25, 0.3) is 0 Å². The van der Waals surface area contributed by atoms with E-state index >= 15 is 0 Å². The highest BCUT2D eigenvalue weighted by Crippen LogP contribution is 2.30. The molecule has 17 heavy (non-hydrogen) atoms. The first-order chi connectivity index (χ1) is 8.24. The van der Waals surface area contributed by atoms with Crippen LogP contribution in [0, 0.1) is 5.82 Å². The van der Waals surface area contributed by atoms with Crippen LogP contribution in [-0.4, -0.2) is 14.2 Å². The average molecular weight is 251 g/mol. The molecule has 0 aliphatic carbocycles. The second-order valence-corrected chi connectivity index (χ2v) is 4.60. The van der Waals surface area contributed by atoms with Crippen LogP contribution in [0.4, 0.5) is 4.39 Å². The van der Waals surface area contributed by atoms with Crippen molar-refractivity contribution in [2.45, 2.75) is 6.04 Å². The van der Waals surface area contributed by atoms with Gasteiger partial charge >= 0.3 is 0 Å². The summed E-state index contributed by atoms with van der Waals surface area (Å²) in [7, 11) is 3.54. The molecule has 0 amide bonds. The lowest BCUT2D eigenvalue weighted by molar-refractivity contribution is 0.416. The summed E-state index contributed by atoms with van der Waals surface area (Å²) in [5.74, 6) is 0.639. The maximum absolute atomic E-state index is 12.9. The summed E-state index contributed by atoms with van der Waals surface area (Å²) in [6, 6.07) is 8.61. The zero-order valence-corrected chi connectivity index (χ0v) is 10.6. The Bertz CT molecular complexity index is 480. The molecular weight excluding hydrogens is 237 g/mol. The standard InChI is InChI=1S/C13H14FNOS/c1-15-13(9-3-5-10(14)6-4-9)12-7-11(16-2)8-17-12/h3-8,13,15H,1-2H3. The average Bonchev–Trinajstić information content (AvgIpc) is 2.81. The summed E-state index contributed by atoms with van der Waals surface area (Å²) in [5.41, 5.74) is 1.04. The molecule has 0 spiro atoms. The van der Waals surface area contributed by atoms with E-state index in [-0.39, 0.29) is 11.9 Å². The number of thiophene rings is 1. The van der Waals surface area contributed by atoms with Crippen LogP contribution in [0.25, 0.3) is 0 Å². The lowest BCUT2D eigenvalue weighted by atomic mass is 10.1. The molecule has 1 atom stereocenters. The second kappa shape index (κ2) is 5.29. The van der Waals surface area contributed by atoms with Crippen molar-refractivity contribution in [3.05, 3.63) is 52.0 Å². The van der Waals surface area contributed by atoms with Crippen molar-refractivity contribution in [3.8, 4) is 5.75 Å². The van der Waals surface area contributed by atoms with E-state index < -0.39 is 0 Å². The summed E-state index contributed by atoms with van der Waals surface area (Å²) in [6.07, 6.45) is 0. The molecule has 0 saturated heterocycles. The Morgan fingerprint density at radius 1 is 1.29 bits per heavy atom. The molecule has 4 heteroatoms. The summed E-state index contributed by atoms with van der Waals surface area (Å²) in [5, 5.41) is 5.19. The van der Waals surface area contributed by atoms with Gasteiger partial charge in [-0.15, -0.1) is 11.3 Å². The van der Waals surface area contributed by atoms with Gasteiger partial charge in [0.05, 0.1) is 13.2 Å². The van der Waals surface area contributed by atoms with Crippen molar-refractivity contribution in [2.75, 3.05) is 14.2 Å². The van der Waals surface area contributed by atoms with E-state index in [0.717, 1.165) is 16.2 Å². The van der Waals surface area contributed by atoms with Crippen LogP contribution in [0.3, 0.4) is 0 Å². The van der Waals surface area contributed by atoms with Gasteiger partial charge in [-0.3, -0.25) is 0 Å². The molecule has 1 unspecified atom stereocenters. The predicted molar refractivity (Wildman–Crippen MR) is 68.2 cm³/mol. The molecule has 90 valence electrons. The van der Waals surface area contributed by atoms with Crippen molar-refractivity contribution in [3.63, 3.8) is 0 Å². The molecule has 0 aliphatic heterocycles. The largest absolute Gasteiger partial charge is 0.496 e.